The summed E-state index contributed by atoms with van der Waals surface area (Å²) in [4.78, 5) is 0. The van der Waals surface area contributed by atoms with Crippen LogP contribution in [0, 0.1) is 0 Å². The lowest BCUT2D eigenvalue weighted by molar-refractivity contribution is 0.223. The van der Waals surface area contributed by atoms with E-state index in [1.807, 2.05) is 0 Å². The second-order valence-corrected chi connectivity index (χ2v) is 1.06. The monoisotopic (exact) mass is 123 g/mol. The normalized spacial score (nSPS) is 12.2. The molecule has 0 aromatic heterocycles. The summed E-state index contributed by atoms with van der Waals surface area (Å²) in [5.74, 6) is -0.687. The molecule has 0 rings (SSSR count). The Morgan fingerprint density at radius 3 is 2.38 bits per heavy atom. The maximum atomic E-state index is 11.3. The average molecular weight is 123 g/mol. The van der Waals surface area contributed by atoms with Crippen LogP contribution in [0.3, 0.4) is 0 Å². The molecule has 0 atom stereocenters. The van der Waals surface area contributed by atoms with Gasteiger partial charge in [-0.1, -0.05) is 0 Å². The fraction of sp³-hybridized carbons (Fsp3) is 0.667. The van der Waals surface area contributed by atoms with Crippen LogP contribution in [0.5, 0.6) is 0 Å². The first-order valence-corrected chi connectivity index (χ1v) is 1.96. The summed E-state index contributed by atoms with van der Waals surface area (Å²) >= 11 is 0. The zero-order valence-electron chi connectivity index (χ0n) is 4.36. The van der Waals surface area contributed by atoms with Crippen molar-refractivity contribution in [3.8, 4) is 0 Å². The van der Waals surface area contributed by atoms with Crippen molar-refractivity contribution in [1.29, 1.82) is 0 Å². The lowest BCUT2D eigenvalue weighted by Crippen LogP contribution is -2.23. The number of hydrogen-bond acceptors (Lipinski definition) is 2. The summed E-state index contributed by atoms with van der Waals surface area (Å²) in [6.45, 7) is 0. The van der Waals surface area contributed by atoms with Crippen LogP contribution in [0.1, 0.15) is 0 Å². The highest BCUT2D eigenvalue weighted by Gasteiger charge is 2.05. The first-order valence-electron chi connectivity index (χ1n) is 1.96. The Balaban J connectivity index is 3.61. The molecule has 0 aliphatic rings. The van der Waals surface area contributed by atoms with Crippen LogP contribution in [-0.4, -0.2) is 19.3 Å². The molecule has 0 unspecified atom stereocenters. The summed E-state index contributed by atoms with van der Waals surface area (Å²) in [6.07, 6.45) is -2.66. The van der Waals surface area contributed by atoms with E-state index in [1.165, 1.54) is 7.05 Å². The summed E-state index contributed by atoms with van der Waals surface area (Å²) in [5.41, 5.74) is 6.80. The van der Waals surface area contributed by atoms with Gasteiger partial charge in [0.15, 0.2) is 5.84 Å². The van der Waals surface area contributed by atoms with Crippen LogP contribution in [0.25, 0.3) is 0 Å². The van der Waals surface area contributed by atoms with Gasteiger partial charge in [0.25, 0.3) is 6.43 Å². The number of halogens is 2. The van der Waals surface area contributed by atoms with Crippen LogP contribution in [0.4, 0.5) is 8.78 Å². The van der Waals surface area contributed by atoms with E-state index < -0.39 is 12.3 Å². The van der Waals surface area contributed by atoms with Crippen molar-refractivity contribution in [2.75, 3.05) is 7.05 Å². The SMILES string of the molecule is CN/N=C(/N)C(F)F. The third-order valence-corrected chi connectivity index (χ3v) is 0.464. The minimum atomic E-state index is -2.66. The molecule has 0 bridgehead atoms. The third kappa shape index (κ3) is 2.33. The average Bonchev–Trinajstić information content (AvgIpc) is 1.67. The van der Waals surface area contributed by atoms with Crippen LogP contribution in [0.15, 0.2) is 5.10 Å². The van der Waals surface area contributed by atoms with Crippen molar-refractivity contribution < 1.29 is 8.78 Å². The number of nitrogens with two attached hydrogens (primary N) is 1. The Morgan fingerprint density at radius 2 is 2.25 bits per heavy atom. The zero-order chi connectivity index (χ0) is 6.57. The van der Waals surface area contributed by atoms with Crippen molar-refractivity contribution in [2.24, 2.45) is 10.8 Å². The summed E-state index contributed by atoms with van der Waals surface area (Å²) in [6, 6.07) is 0. The van der Waals surface area contributed by atoms with E-state index in [1.54, 1.807) is 0 Å². The molecule has 0 aliphatic heterocycles. The van der Waals surface area contributed by atoms with E-state index in [9.17, 15) is 8.78 Å². The minimum absolute atomic E-state index is 0.687. The topological polar surface area (TPSA) is 50.4 Å². The Morgan fingerprint density at radius 1 is 1.75 bits per heavy atom. The number of nitrogens with zero attached hydrogens (tertiary/aromatic N) is 1. The maximum absolute atomic E-state index is 11.3. The molecule has 0 amide bonds. The van der Waals surface area contributed by atoms with Gasteiger partial charge in [0.1, 0.15) is 0 Å². The van der Waals surface area contributed by atoms with Gasteiger partial charge in [0.05, 0.1) is 0 Å². The highest BCUT2D eigenvalue weighted by Crippen LogP contribution is 1.88. The van der Waals surface area contributed by atoms with Gasteiger partial charge in [-0.25, -0.2) is 8.78 Å². The molecule has 0 fully saturated rings. The van der Waals surface area contributed by atoms with Crippen molar-refractivity contribution in [3.05, 3.63) is 0 Å². The largest absolute Gasteiger partial charge is 0.381 e. The number of rotatable bonds is 2. The van der Waals surface area contributed by atoms with E-state index in [4.69, 9.17) is 0 Å². The standard InChI is InChI=1S/C3H7F2N3/c1-7-8-3(6)2(4)5/h2,7H,1H3,(H2,6,8). The van der Waals surface area contributed by atoms with Crippen LogP contribution in [0.2, 0.25) is 0 Å². The third-order valence-electron chi connectivity index (χ3n) is 0.464. The van der Waals surface area contributed by atoms with E-state index in [2.05, 4.69) is 16.3 Å². The lowest BCUT2D eigenvalue weighted by Gasteiger charge is -1.94. The van der Waals surface area contributed by atoms with Gasteiger partial charge in [-0.3, -0.25) is 0 Å². The fourth-order valence-corrected chi connectivity index (χ4v) is 0.178. The molecule has 0 saturated carbocycles. The van der Waals surface area contributed by atoms with Gasteiger partial charge in [0, 0.05) is 7.05 Å². The maximum Gasteiger partial charge on any atom is 0.296 e. The van der Waals surface area contributed by atoms with Crippen molar-refractivity contribution in [1.82, 2.24) is 5.43 Å². The smallest absolute Gasteiger partial charge is 0.296 e. The van der Waals surface area contributed by atoms with Gasteiger partial charge < -0.3 is 11.2 Å². The Labute approximate surface area is 45.6 Å². The number of alkyl halides is 2. The highest BCUT2D eigenvalue weighted by atomic mass is 19.3. The van der Waals surface area contributed by atoms with Gasteiger partial charge in [-0.2, -0.15) is 5.10 Å². The molecule has 0 heterocycles. The molecule has 48 valence electrons. The Kier molecular flexibility index (Phi) is 2.83. The van der Waals surface area contributed by atoms with Gasteiger partial charge >= 0.3 is 0 Å². The summed E-state index contributed by atoms with van der Waals surface area (Å²) in [5, 5.41) is 3.02. The number of amidine groups is 1. The Bertz CT molecular complexity index is 90.5. The quantitative estimate of drug-likeness (QED) is 0.302. The molecule has 5 heteroatoms. The molecule has 8 heavy (non-hydrogen) atoms. The van der Waals surface area contributed by atoms with Crippen LogP contribution >= 0.6 is 0 Å². The van der Waals surface area contributed by atoms with Crippen molar-refractivity contribution in [3.63, 3.8) is 0 Å². The second kappa shape index (κ2) is 3.17. The van der Waals surface area contributed by atoms with E-state index >= 15 is 0 Å². The molecule has 0 spiro atoms. The predicted molar refractivity (Wildman–Crippen MR) is 26.7 cm³/mol. The van der Waals surface area contributed by atoms with E-state index in [-0.39, 0.29) is 0 Å². The van der Waals surface area contributed by atoms with E-state index in [0.717, 1.165) is 0 Å². The number of nitrogens with one attached hydrogen (secondary N) is 1. The van der Waals surface area contributed by atoms with Crippen molar-refractivity contribution in [2.45, 2.75) is 6.43 Å². The first-order chi connectivity index (χ1) is 3.68. The van der Waals surface area contributed by atoms with Crippen LogP contribution < -0.4 is 11.2 Å². The molecule has 0 aliphatic carbocycles. The van der Waals surface area contributed by atoms with Crippen LogP contribution in [-0.2, 0) is 0 Å². The molecule has 0 radical (unpaired) electrons. The number of hydrazone groups is 1. The fourth-order valence-electron chi connectivity index (χ4n) is 0.178. The summed E-state index contributed by atoms with van der Waals surface area (Å²) < 4.78 is 22.6. The minimum Gasteiger partial charge on any atom is -0.381 e. The van der Waals surface area contributed by atoms with Gasteiger partial charge in [-0.15, -0.1) is 0 Å². The summed E-state index contributed by atoms with van der Waals surface area (Å²) in [7, 11) is 1.40. The molecular weight excluding hydrogens is 116 g/mol. The molecule has 0 saturated heterocycles. The van der Waals surface area contributed by atoms with Gasteiger partial charge in [0.2, 0.25) is 0 Å². The molecule has 3 N–H and O–H groups in total. The molecular formula is C3H7F2N3. The lowest BCUT2D eigenvalue weighted by atomic mass is 10.7. The van der Waals surface area contributed by atoms with Crippen molar-refractivity contribution >= 4 is 5.84 Å². The highest BCUT2D eigenvalue weighted by molar-refractivity contribution is 5.83. The zero-order valence-corrected chi connectivity index (χ0v) is 4.36. The first kappa shape index (κ1) is 7.13. The Hall–Kier alpha value is -0.870. The molecule has 0 aromatic carbocycles. The second-order valence-electron chi connectivity index (χ2n) is 1.06. The molecule has 3 nitrogen and oxygen atoms in total. The van der Waals surface area contributed by atoms with E-state index in [0.29, 0.717) is 0 Å². The predicted octanol–water partition coefficient (Wildman–Crippen LogP) is -0.257. The molecule has 0 aromatic rings. The van der Waals surface area contributed by atoms with Gasteiger partial charge in [-0.05, 0) is 0 Å². The number of hydrogen-bond donors (Lipinski definition) is 2.